The quantitative estimate of drug-likeness (QED) is 0.704. The van der Waals surface area contributed by atoms with Crippen molar-refractivity contribution in [1.29, 1.82) is 0 Å². The van der Waals surface area contributed by atoms with Crippen molar-refractivity contribution in [3.05, 3.63) is 41.2 Å². The van der Waals surface area contributed by atoms with Gasteiger partial charge >= 0.3 is 12.2 Å². The van der Waals surface area contributed by atoms with Crippen LogP contribution in [0.25, 0.3) is 5.69 Å². The van der Waals surface area contributed by atoms with E-state index in [1.54, 1.807) is 0 Å². The van der Waals surface area contributed by atoms with Crippen LogP contribution in [0, 0.1) is 0 Å². The minimum Gasteiger partial charge on any atom is -0.395 e. The fourth-order valence-electron chi connectivity index (χ4n) is 2.24. The van der Waals surface area contributed by atoms with Crippen molar-refractivity contribution in [3.63, 3.8) is 0 Å². The lowest BCUT2D eigenvalue weighted by Gasteiger charge is -2.21. The Balaban J connectivity index is 2.37. The molecule has 0 spiro atoms. The standard InChI is InChI=1S/C15H16ClF3N4O3/c16-10-1-3-11(4-2-10)23-13(15(17,18)19)12(9-20-23)21-14(26)22(5-7-24)6-8-25/h1-4,9,24-25H,5-8H2,(H,21,26). The molecule has 0 aliphatic carbocycles. The lowest BCUT2D eigenvalue weighted by molar-refractivity contribution is -0.142. The first kappa shape index (κ1) is 20.0. The van der Waals surface area contributed by atoms with Gasteiger partial charge in [-0.05, 0) is 24.3 Å². The summed E-state index contributed by atoms with van der Waals surface area (Å²) >= 11 is 5.74. The van der Waals surface area contributed by atoms with Crippen molar-refractivity contribution in [1.82, 2.24) is 14.7 Å². The number of aromatic nitrogens is 2. The molecule has 2 amide bonds. The molecule has 7 nitrogen and oxygen atoms in total. The molecule has 0 aliphatic heterocycles. The van der Waals surface area contributed by atoms with Crippen LogP contribution in [0.4, 0.5) is 23.7 Å². The molecule has 0 saturated heterocycles. The maximum Gasteiger partial charge on any atom is 0.435 e. The third-order valence-electron chi connectivity index (χ3n) is 3.38. The molecule has 3 N–H and O–H groups in total. The molecule has 1 heterocycles. The molecule has 0 atom stereocenters. The highest BCUT2D eigenvalue weighted by Gasteiger charge is 2.39. The van der Waals surface area contributed by atoms with Crippen LogP contribution in [0.1, 0.15) is 5.69 Å². The van der Waals surface area contributed by atoms with E-state index >= 15 is 0 Å². The second kappa shape index (κ2) is 8.39. The van der Waals surface area contributed by atoms with E-state index in [1.807, 2.05) is 0 Å². The van der Waals surface area contributed by atoms with Crippen molar-refractivity contribution in [2.45, 2.75) is 6.18 Å². The number of nitrogens with zero attached hydrogens (tertiary/aromatic N) is 3. The van der Waals surface area contributed by atoms with E-state index in [4.69, 9.17) is 21.8 Å². The van der Waals surface area contributed by atoms with Crippen molar-refractivity contribution in [3.8, 4) is 5.69 Å². The summed E-state index contributed by atoms with van der Waals surface area (Å²) in [6.45, 7) is -1.08. The van der Waals surface area contributed by atoms with E-state index in [2.05, 4.69) is 10.4 Å². The van der Waals surface area contributed by atoms with Gasteiger partial charge in [0.15, 0.2) is 5.69 Å². The highest BCUT2D eigenvalue weighted by atomic mass is 35.5. The number of amides is 2. The summed E-state index contributed by atoms with van der Waals surface area (Å²) in [5.41, 5.74) is -1.59. The number of hydrogen-bond acceptors (Lipinski definition) is 4. The maximum absolute atomic E-state index is 13.5. The molecule has 2 aromatic rings. The number of hydrogen-bond donors (Lipinski definition) is 3. The summed E-state index contributed by atoms with van der Waals surface area (Å²) in [6, 6.07) is 4.66. The molecule has 0 fully saturated rings. The summed E-state index contributed by atoms with van der Waals surface area (Å²) in [5, 5.41) is 24.0. The van der Waals surface area contributed by atoms with Crippen LogP contribution in [-0.2, 0) is 6.18 Å². The van der Waals surface area contributed by atoms with Gasteiger partial charge in [-0.25, -0.2) is 9.48 Å². The molecule has 0 saturated carbocycles. The average molecular weight is 393 g/mol. The summed E-state index contributed by atoms with van der Waals surface area (Å²) in [4.78, 5) is 13.1. The maximum atomic E-state index is 13.5. The summed E-state index contributed by atoms with van der Waals surface area (Å²) in [7, 11) is 0. The summed E-state index contributed by atoms with van der Waals surface area (Å²) in [5.74, 6) is 0. The molecule has 1 aromatic carbocycles. The minimum absolute atomic E-state index is 0.116. The zero-order chi connectivity index (χ0) is 19.3. The van der Waals surface area contributed by atoms with Gasteiger partial charge in [-0.3, -0.25) is 0 Å². The first-order valence-electron chi connectivity index (χ1n) is 7.46. The van der Waals surface area contributed by atoms with Gasteiger partial charge < -0.3 is 20.4 Å². The van der Waals surface area contributed by atoms with Crippen LogP contribution in [0.15, 0.2) is 30.5 Å². The Morgan fingerprint density at radius 2 is 1.77 bits per heavy atom. The van der Waals surface area contributed by atoms with E-state index in [-0.39, 0.29) is 18.8 Å². The zero-order valence-electron chi connectivity index (χ0n) is 13.4. The molecule has 0 aliphatic rings. The van der Waals surface area contributed by atoms with Crippen LogP contribution in [0.5, 0.6) is 0 Å². The van der Waals surface area contributed by atoms with Crippen LogP contribution >= 0.6 is 11.6 Å². The summed E-state index contributed by atoms with van der Waals surface area (Å²) in [6.07, 6.45) is -3.91. The van der Waals surface area contributed by atoms with Crippen LogP contribution in [0.3, 0.4) is 0 Å². The third-order valence-corrected chi connectivity index (χ3v) is 3.63. The predicted octanol–water partition coefficient (Wildman–Crippen LogP) is 2.36. The topological polar surface area (TPSA) is 90.6 Å². The average Bonchev–Trinajstić information content (AvgIpc) is 2.99. The smallest absolute Gasteiger partial charge is 0.395 e. The number of halogens is 4. The highest BCUT2D eigenvalue weighted by Crippen LogP contribution is 2.36. The zero-order valence-corrected chi connectivity index (χ0v) is 14.1. The summed E-state index contributed by atoms with van der Waals surface area (Å²) < 4.78 is 41.2. The predicted molar refractivity (Wildman–Crippen MR) is 88.3 cm³/mol. The van der Waals surface area contributed by atoms with Gasteiger partial charge in [0.05, 0.1) is 30.8 Å². The Kier molecular flexibility index (Phi) is 6.46. The number of rotatable bonds is 6. The number of carbonyl (C=O) groups is 1. The van der Waals surface area contributed by atoms with Crippen LogP contribution in [0.2, 0.25) is 5.02 Å². The minimum atomic E-state index is -4.79. The number of aliphatic hydroxyl groups is 2. The molecule has 142 valence electrons. The van der Waals surface area contributed by atoms with E-state index in [9.17, 15) is 18.0 Å². The first-order valence-corrected chi connectivity index (χ1v) is 7.84. The Morgan fingerprint density at radius 3 is 2.27 bits per heavy atom. The largest absolute Gasteiger partial charge is 0.435 e. The molecular formula is C15H16ClF3N4O3. The SMILES string of the molecule is O=C(Nc1cnn(-c2ccc(Cl)cc2)c1C(F)(F)F)N(CCO)CCO. The number of aliphatic hydroxyl groups excluding tert-OH is 2. The number of carbonyl (C=O) groups excluding carboxylic acids is 1. The molecule has 0 bridgehead atoms. The molecule has 11 heteroatoms. The Bertz CT molecular complexity index is 744. The molecule has 26 heavy (non-hydrogen) atoms. The highest BCUT2D eigenvalue weighted by molar-refractivity contribution is 6.30. The molecular weight excluding hydrogens is 377 g/mol. The first-order chi connectivity index (χ1) is 12.3. The normalized spacial score (nSPS) is 11.5. The van der Waals surface area contributed by atoms with Crippen LogP contribution in [-0.4, -0.2) is 57.2 Å². The lowest BCUT2D eigenvalue weighted by Crippen LogP contribution is -2.39. The van der Waals surface area contributed by atoms with Crippen molar-refractivity contribution < 1.29 is 28.2 Å². The fraction of sp³-hybridized carbons (Fsp3) is 0.333. The molecule has 1 aromatic heterocycles. The van der Waals surface area contributed by atoms with Gasteiger partial charge in [0.2, 0.25) is 0 Å². The second-order valence-corrected chi connectivity index (χ2v) is 5.59. The van der Waals surface area contributed by atoms with Gasteiger partial charge in [-0.2, -0.15) is 18.3 Å². The second-order valence-electron chi connectivity index (χ2n) is 5.16. The van der Waals surface area contributed by atoms with Gasteiger partial charge in [0.1, 0.15) is 0 Å². The van der Waals surface area contributed by atoms with E-state index in [0.717, 1.165) is 11.1 Å². The van der Waals surface area contributed by atoms with Gasteiger partial charge in [0.25, 0.3) is 0 Å². The Hall–Kier alpha value is -2.30. The molecule has 0 unspecified atom stereocenters. The number of anilines is 1. The fourth-order valence-corrected chi connectivity index (χ4v) is 2.37. The van der Waals surface area contributed by atoms with E-state index in [0.29, 0.717) is 9.70 Å². The number of alkyl halides is 3. The Labute approximate surface area is 151 Å². The van der Waals surface area contributed by atoms with Gasteiger partial charge in [-0.1, -0.05) is 11.6 Å². The number of urea groups is 1. The van der Waals surface area contributed by atoms with Crippen LogP contribution < -0.4 is 5.32 Å². The van der Waals surface area contributed by atoms with Crippen molar-refractivity contribution in [2.24, 2.45) is 0 Å². The molecule has 0 radical (unpaired) electrons. The van der Waals surface area contributed by atoms with Gasteiger partial charge in [0, 0.05) is 18.1 Å². The lowest BCUT2D eigenvalue weighted by atomic mass is 10.3. The monoisotopic (exact) mass is 392 g/mol. The molecule has 2 rings (SSSR count). The van der Waals surface area contributed by atoms with Gasteiger partial charge in [-0.15, -0.1) is 0 Å². The van der Waals surface area contributed by atoms with Crippen molar-refractivity contribution >= 4 is 23.3 Å². The van der Waals surface area contributed by atoms with E-state index < -0.39 is 36.8 Å². The number of benzene rings is 1. The number of nitrogens with one attached hydrogen (secondary N) is 1. The Morgan fingerprint density at radius 1 is 1.19 bits per heavy atom. The van der Waals surface area contributed by atoms with E-state index in [1.165, 1.54) is 24.3 Å². The third kappa shape index (κ3) is 4.65. The van der Waals surface area contributed by atoms with Crippen molar-refractivity contribution in [2.75, 3.05) is 31.6 Å².